The maximum absolute atomic E-state index is 8.21. The summed E-state index contributed by atoms with van der Waals surface area (Å²) in [6, 6.07) is 1.91. The van der Waals surface area contributed by atoms with Crippen LogP contribution >= 0.6 is 0 Å². The highest BCUT2D eigenvalue weighted by Gasteiger charge is 1.75. The fourth-order valence-corrected chi connectivity index (χ4v) is 0.320. The summed E-state index contributed by atoms with van der Waals surface area (Å²) in [6.45, 7) is 9.38. The molecule has 0 spiro atoms. The average Bonchev–Trinajstić information content (AvgIpc) is 2.08. The van der Waals surface area contributed by atoms with E-state index in [-0.39, 0.29) is 0 Å². The van der Waals surface area contributed by atoms with Crippen LogP contribution in [0.15, 0.2) is 36.5 Å². The molecule has 0 fully saturated rings. The first-order valence-corrected chi connectivity index (χ1v) is 3.69. The normalized spacial score (nSPS) is 8.91. The Bertz CT molecular complexity index is 180. The second-order valence-corrected chi connectivity index (χ2v) is 1.52. The van der Waals surface area contributed by atoms with Crippen LogP contribution in [0, 0.1) is 11.3 Å². The molecule has 0 saturated heterocycles. The molecule has 1 nitrogen and oxygen atoms in total. The Balaban J connectivity index is 0. The van der Waals surface area contributed by atoms with Crippen molar-refractivity contribution in [2.24, 2.45) is 0 Å². The van der Waals surface area contributed by atoms with E-state index in [1.54, 1.807) is 12.2 Å². The molecule has 0 atom stereocenters. The molecule has 0 amide bonds. The maximum atomic E-state index is 8.21. The minimum absolute atomic E-state index is 0.480. The third-order valence-electron chi connectivity index (χ3n) is 0.745. The van der Waals surface area contributed by atoms with Crippen molar-refractivity contribution < 1.29 is 0 Å². The molecule has 11 heavy (non-hydrogen) atoms. The molecule has 0 radical (unpaired) electrons. The number of rotatable bonds is 2. The smallest absolute Gasteiger partial charge is 0.0985 e. The van der Waals surface area contributed by atoms with Gasteiger partial charge in [-0.3, -0.25) is 0 Å². The van der Waals surface area contributed by atoms with Crippen LogP contribution in [0.2, 0.25) is 0 Å². The van der Waals surface area contributed by atoms with E-state index in [2.05, 4.69) is 6.58 Å². The van der Waals surface area contributed by atoms with Gasteiger partial charge in [0, 0.05) is 5.57 Å². The third-order valence-corrected chi connectivity index (χ3v) is 0.745. The van der Waals surface area contributed by atoms with Crippen molar-refractivity contribution in [1.29, 1.82) is 5.26 Å². The van der Waals surface area contributed by atoms with Gasteiger partial charge in [-0.1, -0.05) is 38.7 Å². The molecule has 0 rings (SSSR count). The molecule has 0 heterocycles. The van der Waals surface area contributed by atoms with Gasteiger partial charge in [-0.25, -0.2) is 0 Å². The highest BCUT2D eigenvalue weighted by molar-refractivity contribution is 5.30. The summed E-state index contributed by atoms with van der Waals surface area (Å²) in [5.74, 6) is 0. The van der Waals surface area contributed by atoms with E-state index in [1.165, 1.54) is 0 Å². The van der Waals surface area contributed by atoms with Crippen molar-refractivity contribution >= 4 is 0 Å². The second-order valence-electron chi connectivity index (χ2n) is 1.52. The summed E-state index contributed by atoms with van der Waals surface area (Å²) in [5, 5.41) is 8.21. The Labute approximate surface area is 69.4 Å². The van der Waals surface area contributed by atoms with Crippen molar-refractivity contribution in [2.75, 3.05) is 0 Å². The lowest BCUT2D eigenvalue weighted by Gasteiger charge is -1.75. The van der Waals surface area contributed by atoms with E-state index in [9.17, 15) is 0 Å². The predicted octanol–water partition coefficient (Wildman–Crippen LogP) is 3.22. The molecule has 0 bridgehead atoms. The number of hydrogen-bond donors (Lipinski definition) is 0. The average molecular weight is 149 g/mol. The quantitative estimate of drug-likeness (QED) is 0.437. The molecule has 0 aromatic carbocycles. The van der Waals surface area contributed by atoms with Crippen LogP contribution in [0.3, 0.4) is 0 Å². The Morgan fingerprint density at radius 1 is 1.36 bits per heavy atom. The molecule has 0 unspecified atom stereocenters. The standard InChI is InChI=1S/C8H9N.C2H6/c1-3-4-5-6-8(2)7-9;1-2/h3-6H,2H2,1H3;1-2H3/b4-3-,6-5-;. The van der Waals surface area contributed by atoms with Gasteiger partial charge in [-0.15, -0.1) is 0 Å². The molecule has 0 saturated carbocycles. The second kappa shape index (κ2) is 11.5. The molecular weight excluding hydrogens is 134 g/mol. The minimum atomic E-state index is 0.480. The van der Waals surface area contributed by atoms with Gasteiger partial charge in [0.2, 0.25) is 0 Å². The van der Waals surface area contributed by atoms with E-state index in [0.29, 0.717) is 5.57 Å². The van der Waals surface area contributed by atoms with Gasteiger partial charge in [0.1, 0.15) is 0 Å². The predicted molar refractivity (Wildman–Crippen MR) is 50.1 cm³/mol. The lowest BCUT2D eigenvalue weighted by molar-refractivity contribution is 1.50. The lowest BCUT2D eigenvalue weighted by atomic mass is 10.3. The van der Waals surface area contributed by atoms with Crippen LogP contribution < -0.4 is 0 Å². The number of nitrogens with zero attached hydrogens (tertiary/aromatic N) is 1. The maximum Gasteiger partial charge on any atom is 0.0985 e. The Hall–Kier alpha value is -1.29. The van der Waals surface area contributed by atoms with Crippen molar-refractivity contribution in [3.8, 4) is 6.07 Å². The lowest BCUT2D eigenvalue weighted by Crippen LogP contribution is -1.61. The molecule has 60 valence electrons. The largest absolute Gasteiger partial charge is 0.192 e. The highest BCUT2D eigenvalue weighted by atomic mass is 14.2. The van der Waals surface area contributed by atoms with Gasteiger partial charge in [-0.2, -0.15) is 5.26 Å². The summed E-state index contributed by atoms with van der Waals surface area (Å²) in [6.07, 6.45) is 7.19. The van der Waals surface area contributed by atoms with E-state index in [4.69, 9.17) is 5.26 Å². The zero-order valence-corrected chi connectivity index (χ0v) is 7.46. The van der Waals surface area contributed by atoms with Crippen molar-refractivity contribution in [3.05, 3.63) is 36.5 Å². The zero-order chi connectivity index (χ0) is 9.11. The Kier molecular flexibility index (Phi) is 13.0. The summed E-state index contributed by atoms with van der Waals surface area (Å²) < 4.78 is 0. The molecule has 0 aliphatic carbocycles. The first-order chi connectivity index (χ1) is 5.31. The van der Waals surface area contributed by atoms with Crippen molar-refractivity contribution in [2.45, 2.75) is 20.8 Å². The number of nitriles is 1. The summed E-state index contributed by atoms with van der Waals surface area (Å²) in [5.41, 5.74) is 0.480. The van der Waals surface area contributed by atoms with Gasteiger partial charge < -0.3 is 0 Å². The first kappa shape index (κ1) is 12.4. The molecule has 0 aliphatic rings. The third kappa shape index (κ3) is 12.0. The van der Waals surface area contributed by atoms with E-state index >= 15 is 0 Å². The van der Waals surface area contributed by atoms with Gasteiger partial charge in [0.25, 0.3) is 0 Å². The summed E-state index contributed by atoms with van der Waals surface area (Å²) in [4.78, 5) is 0. The Morgan fingerprint density at radius 2 is 1.91 bits per heavy atom. The molecule has 0 aliphatic heterocycles. The fourth-order valence-electron chi connectivity index (χ4n) is 0.320. The monoisotopic (exact) mass is 149 g/mol. The highest BCUT2D eigenvalue weighted by Crippen LogP contribution is 1.88. The van der Waals surface area contributed by atoms with Crippen LogP contribution in [0.4, 0.5) is 0 Å². The minimum Gasteiger partial charge on any atom is -0.192 e. The zero-order valence-electron chi connectivity index (χ0n) is 7.46. The summed E-state index contributed by atoms with van der Waals surface area (Å²) in [7, 11) is 0. The van der Waals surface area contributed by atoms with E-state index in [0.717, 1.165) is 0 Å². The van der Waals surface area contributed by atoms with E-state index in [1.807, 2.05) is 39.0 Å². The first-order valence-electron chi connectivity index (χ1n) is 3.69. The van der Waals surface area contributed by atoms with Crippen LogP contribution in [-0.4, -0.2) is 0 Å². The van der Waals surface area contributed by atoms with Crippen LogP contribution in [-0.2, 0) is 0 Å². The van der Waals surface area contributed by atoms with Gasteiger partial charge in [0.15, 0.2) is 0 Å². The molecule has 0 aromatic heterocycles. The van der Waals surface area contributed by atoms with Gasteiger partial charge in [-0.05, 0) is 13.0 Å². The molecule has 0 aromatic rings. The van der Waals surface area contributed by atoms with Crippen LogP contribution in [0.1, 0.15) is 20.8 Å². The number of allylic oxidation sites excluding steroid dienone is 5. The van der Waals surface area contributed by atoms with Crippen LogP contribution in [0.25, 0.3) is 0 Å². The van der Waals surface area contributed by atoms with Gasteiger partial charge >= 0.3 is 0 Å². The Morgan fingerprint density at radius 3 is 2.27 bits per heavy atom. The van der Waals surface area contributed by atoms with E-state index < -0.39 is 0 Å². The summed E-state index contributed by atoms with van der Waals surface area (Å²) >= 11 is 0. The van der Waals surface area contributed by atoms with Crippen molar-refractivity contribution in [1.82, 2.24) is 0 Å². The SMILES string of the molecule is C=C(C#N)/C=C\C=C/C.CC. The number of hydrogen-bond acceptors (Lipinski definition) is 1. The molecular formula is C10H15N. The molecule has 0 N–H and O–H groups in total. The van der Waals surface area contributed by atoms with Crippen LogP contribution in [0.5, 0.6) is 0 Å². The molecule has 1 heteroatoms. The van der Waals surface area contributed by atoms with Crippen molar-refractivity contribution in [3.63, 3.8) is 0 Å². The topological polar surface area (TPSA) is 23.8 Å². The van der Waals surface area contributed by atoms with Gasteiger partial charge in [0.05, 0.1) is 6.07 Å². The fraction of sp³-hybridized carbons (Fsp3) is 0.300.